The molecular formula is C43H43N3OPt. The predicted octanol–water partition coefficient (Wildman–Crippen LogP) is 10.5. The fraction of sp³-hybridized carbons (Fsp3) is 0.302. The average Bonchev–Trinajstić information content (AvgIpc) is 3.53. The average molecular weight is 813 g/mol. The van der Waals surface area contributed by atoms with Crippen LogP contribution < -0.4 is 0 Å². The van der Waals surface area contributed by atoms with Gasteiger partial charge in [0, 0.05) is 11.7 Å². The number of rotatable bonds is 5. The van der Waals surface area contributed by atoms with Gasteiger partial charge in [0.25, 0.3) is 0 Å². The molecule has 0 unspecified atom stereocenters. The Bertz CT molecular complexity index is 2190. The number of para-hydroxylation sites is 1. The van der Waals surface area contributed by atoms with Gasteiger partial charge in [-0.3, -0.25) is 4.99 Å². The van der Waals surface area contributed by atoms with Crippen LogP contribution in [0.2, 0.25) is 0 Å². The number of hydrogen-bond donors (Lipinski definition) is 0. The fourth-order valence-corrected chi connectivity index (χ4v) is 7.09. The van der Waals surface area contributed by atoms with Crippen molar-refractivity contribution in [1.82, 2.24) is 9.55 Å². The van der Waals surface area contributed by atoms with Gasteiger partial charge in [0.2, 0.25) is 0 Å². The molecule has 5 heteroatoms. The molecule has 3 heterocycles. The molecule has 0 bridgehead atoms. The summed E-state index contributed by atoms with van der Waals surface area (Å²) in [7, 11) is 0. The summed E-state index contributed by atoms with van der Waals surface area (Å²) in [6, 6.07) is 37.6. The number of fused-ring (bicyclic) bond motifs is 3. The summed E-state index contributed by atoms with van der Waals surface area (Å²) in [5, 5.41) is 2.32. The Morgan fingerprint density at radius 1 is 0.812 bits per heavy atom. The van der Waals surface area contributed by atoms with Crippen LogP contribution in [0.4, 0.5) is 0 Å². The number of nitrogens with zero attached hydrogens (tertiary/aromatic N) is 3. The van der Waals surface area contributed by atoms with Crippen LogP contribution in [0.25, 0.3) is 38.8 Å². The molecule has 246 valence electrons. The van der Waals surface area contributed by atoms with Crippen molar-refractivity contribution >= 4 is 27.7 Å². The molecule has 7 rings (SSSR count). The summed E-state index contributed by atoms with van der Waals surface area (Å²) in [6.45, 7) is 19.8. The van der Waals surface area contributed by atoms with Crippen LogP contribution in [0.15, 0.2) is 96.1 Å². The third-order valence-electron chi connectivity index (χ3n) is 10.4. The topological polar surface area (TPSA) is 39.4 Å². The van der Waals surface area contributed by atoms with Crippen molar-refractivity contribution in [3.8, 4) is 16.9 Å². The van der Waals surface area contributed by atoms with Crippen molar-refractivity contribution in [1.29, 1.82) is 0 Å². The standard InChI is InChI=1S/C43H43N3O.Pt/c1-27(2)42(8)43(9,31-15-11-10-12-16-31)47-40(45-42)35-26-38(29(4)23-28(35)3)46-37-18-14-13-17-33(37)34-20-19-30(24-39(34)46)36-25-32(21-22-44-36)41(5,6)7;/h10-23,25,27H,1-9H3;/q-2;+2/t42-,43-;/m1./s1. The zero-order valence-corrected chi connectivity index (χ0v) is 31.6. The second-order valence-electron chi connectivity index (χ2n) is 14.7. The van der Waals surface area contributed by atoms with Crippen LogP contribution in [0.5, 0.6) is 0 Å². The zero-order chi connectivity index (χ0) is 33.3. The van der Waals surface area contributed by atoms with E-state index in [9.17, 15) is 0 Å². The maximum absolute atomic E-state index is 6.97. The number of aliphatic imine (C=N–C) groups is 1. The maximum Gasteiger partial charge on any atom is 2.00 e. The van der Waals surface area contributed by atoms with Gasteiger partial charge in [-0.05, 0) is 70.7 Å². The summed E-state index contributed by atoms with van der Waals surface area (Å²) in [5.41, 5.74) is 9.33. The van der Waals surface area contributed by atoms with E-state index < -0.39 is 11.1 Å². The van der Waals surface area contributed by atoms with E-state index in [1.807, 2.05) is 12.3 Å². The van der Waals surface area contributed by atoms with Crippen LogP contribution in [0.1, 0.15) is 76.3 Å². The van der Waals surface area contributed by atoms with Crippen LogP contribution in [0, 0.1) is 31.9 Å². The molecule has 0 fully saturated rings. The van der Waals surface area contributed by atoms with Crippen molar-refractivity contribution in [3.05, 3.63) is 131 Å². The van der Waals surface area contributed by atoms with E-state index in [1.54, 1.807) is 0 Å². The third kappa shape index (κ3) is 5.34. The maximum atomic E-state index is 6.97. The normalized spacial score (nSPS) is 19.4. The SMILES string of the molecule is Cc1cc(C)c(-n2c3[c-]c(-c4cc(C(C)(C)C)ccn4)ccc3c3ccccc32)[c-]c1C1=N[C@](C)(C(C)C)[C@@](C)(c2ccccc2)O1.[Pt+2]. The Kier molecular flexibility index (Phi) is 8.57. The monoisotopic (exact) mass is 812 g/mol. The van der Waals surface area contributed by atoms with Crippen molar-refractivity contribution in [3.63, 3.8) is 0 Å². The Labute approximate surface area is 299 Å². The largest absolute Gasteiger partial charge is 2.00 e. The predicted molar refractivity (Wildman–Crippen MR) is 195 cm³/mol. The number of ether oxygens (including phenoxy) is 1. The van der Waals surface area contributed by atoms with E-state index in [-0.39, 0.29) is 32.4 Å². The van der Waals surface area contributed by atoms with Crippen molar-refractivity contribution in [2.45, 2.75) is 78.9 Å². The molecule has 2 aromatic heterocycles. The first kappa shape index (κ1) is 33.9. The van der Waals surface area contributed by atoms with Crippen LogP contribution in [0.3, 0.4) is 0 Å². The molecular weight excluding hydrogens is 770 g/mol. The van der Waals surface area contributed by atoms with Gasteiger partial charge in [-0.2, -0.15) is 0 Å². The Balaban J connectivity index is 0.00000401. The van der Waals surface area contributed by atoms with Crippen molar-refractivity contribution in [2.75, 3.05) is 0 Å². The van der Waals surface area contributed by atoms with Gasteiger partial charge in [0.1, 0.15) is 11.5 Å². The zero-order valence-electron chi connectivity index (χ0n) is 29.3. The first-order valence-electron chi connectivity index (χ1n) is 16.6. The van der Waals surface area contributed by atoms with Gasteiger partial charge in [-0.15, -0.1) is 47.0 Å². The molecule has 1 aliphatic rings. The molecule has 0 spiro atoms. The van der Waals surface area contributed by atoms with Crippen molar-refractivity contribution in [2.24, 2.45) is 10.9 Å². The first-order valence-corrected chi connectivity index (χ1v) is 16.6. The Hall–Kier alpha value is -4.01. The molecule has 1 aliphatic heterocycles. The molecule has 0 saturated heterocycles. The smallest absolute Gasteiger partial charge is 0.508 e. The molecule has 0 radical (unpaired) electrons. The van der Waals surface area contributed by atoms with Crippen LogP contribution in [-0.4, -0.2) is 21.0 Å². The third-order valence-corrected chi connectivity index (χ3v) is 10.4. The number of benzene rings is 4. The summed E-state index contributed by atoms with van der Waals surface area (Å²) < 4.78 is 9.27. The molecule has 0 N–H and O–H groups in total. The van der Waals surface area contributed by atoms with E-state index in [2.05, 4.69) is 158 Å². The molecule has 6 aromatic rings. The van der Waals surface area contributed by atoms with E-state index in [4.69, 9.17) is 14.7 Å². The van der Waals surface area contributed by atoms with Gasteiger partial charge in [0.15, 0.2) is 0 Å². The number of aromatic nitrogens is 2. The number of pyridine rings is 1. The Morgan fingerprint density at radius 2 is 1.52 bits per heavy atom. The van der Waals surface area contributed by atoms with Crippen molar-refractivity contribution < 1.29 is 25.8 Å². The molecule has 2 atom stereocenters. The summed E-state index contributed by atoms with van der Waals surface area (Å²) >= 11 is 0. The van der Waals surface area contributed by atoms with E-state index in [0.717, 1.165) is 55.6 Å². The second kappa shape index (κ2) is 12.1. The number of aryl methyl sites for hydroxylation is 2. The van der Waals surface area contributed by atoms with E-state index >= 15 is 0 Å². The minimum Gasteiger partial charge on any atom is -0.508 e. The van der Waals surface area contributed by atoms with Gasteiger partial charge >= 0.3 is 21.1 Å². The summed E-state index contributed by atoms with van der Waals surface area (Å²) in [6.07, 6.45) is 1.91. The van der Waals surface area contributed by atoms with Gasteiger partial charge < -0.3 is 14.3 Å². The second-order valence-corrected chi connectivity index (χ2v) is 14.7. The molecule has 4 aromatic carbocycles. The van der Waals surface area contributed by atoms with Crippen LogP contribution in [-0.2, 0) is 36.8 Å². The minimum atomic E-state index is -0.632. The van der Waals surface area contributed by atoms with E-state index in [1.165, 1.54) is 10.9 Å². The molecule has 48 heavy (non-hydrogen) atoms. The van der Waals surface area contributed by atoms with E-state index in [0.29, 0.717) is 5.90 Å². The van der Waals surface area contributed by atoms with Crippen LogP contribution >= 0.6 is 0 Å². The summed E-state index contributed by atoms with van der Waals surface area (Å²) in [4.78, 5) is 10.1. The molecule has 0 amide bonds. The van der Waals surface area contributed by atoms with Gasteiger partial charge in [0.05, 0.1) is 5.54 Å². The minimum absolute atomic E-state index is 0. The first-order chi connectivity index (χ1) is 22.3. The molecule has 0 saturated carbocycles. The van der Waals surface area contributed by atoms with Gasteiger partial charge in [-0.1, -0.05) is 114 Å². The number of hydrogen-bond acceptors (Lipinski definition) is 3. The quantitative estimate of drug-likeness (QED) is 0.163. The molecule has 4 nitrogen and oxygen atoms in total. The summed E-state index contributed by atoms with van der Waals surface area (Å²) in [5.74, 6) is 0.881. The fourth-order valence-electron chi connectivity index (χ4n) is 7.09. The molecule has 0 aliphatic carbocycles. The van der Waals surface area contributed by atoms with Gasteiger partial charge in [-0.25, -0.2) is 0 Å². The Morgan fingerprint density at radius 3 is 2.23 bits per heavy atom.